The molecular formula is C21H24N2O3S. The van der Waals surface area contributed by atoms with Crippen molar-refractivity contribution in [1.29, 1.82) is 0 Å². The Balaban J connectivity index is 1.86. The molecule has 0 amide bonds. The first kappa shape index (κ1) is 19.4. The average Bonchev–Trinajstić information content (AvgIpc) is 2.68. The first-order chi connectivity index (χ1) is 12.9. The minimum atomic E-state index is -3.61. The number of likely N-dealkylation sites (N-methyl/N-ethyl adjacent to an activating group) is 1. The van der Waals surface area contributed by atoms with E-state index < -0.39 is 10.0 Å². The van der Waals surface area contributed by atoms with Gasteiger partial charge in [-0.3, -0.25) is 0 Å². The molecule has 5 nitrogen and oxygen atoms in total. The Kier molecular flexibility index (Phi) is 5.79. The van der Waals surface area contributed by atoms with Gasteiger partial charge in [0.25, 0.3) is 0 Å². The summed E-state index contributed by atoms with van der Waals surface area (Å²) in [6.45, 7) is 0.273. The van der Waals surface area contributed by atoms with E-state index in [4.69, 9.17) is 4.74 Å². The number of rotatable bonds is 7. The Morgan fingerprint density at radius 3 is 2.30 bits per heavy atom. The summed E-state index contributed by atoms with van der Waals surface area (Å²) in [6.07, 6.45) is 0. The highest BCUT2D eigenvalue weighted by molar-refractivity contribution is 7.89. The second kappa shape index (κ2) is 8.08. The maximum Gasteiger partial charge on any atom is 0.240 e. The van der Waals surface area contributed by atoms with Crippen molar-refractivity contribution >= 4 is 20.8 Å². The zero-order chi connectivity index (χ0) is 19.4. The van der Waals surface area contributed by atoms with Crippen LogP contribution in [0, 0.1) is 0 Å². The van der Waals surface area contributed by atoms with E-state index in [1.54, 1.807) is 31.4 Å². The van der Waals surface area contributed by atoms with E-state index in [-0.39, 0.29) is 17.5 Å². The SMILES string of the molecule is COc1ccc(S(=O)(=O)NCC(c2cccc3ccccc23)N(C)C)cc1. The van der Waals surface area contributed by atoms with Gasteiger partial charge in [0.05, 0.1) is 12.0 Å². The summed E-state index contributed by atoms with van der Waals surface area (Å²) >= 11 is 0. The van der Waals surface area contributed by atoms with Crippen LogP contribution >= 0.6 is 0 Å². The first-order valence-corrected chi connectivity index (χ1v) is 10.2. The van der Waals surface area contributed by atoms with Gasteiger partial charge in [-0.1, -0.05) is 42.5 Å². The van der Waals surface area contributed by atoms with Crippen LogP contribution in [0.1, 0.15) is 11.6 Å². The minimum Gasteiger partial charge on any atom is -0.497 e. The molecular weight excluding hydrogens is 360 g/mol. The van der Waals surface area contributed by atoms with Crippen LogP contribution in [0.4, 0.5) is 0 Å². The number of methoxy groups -OCH3 is 1. The van der Waals surface area contributed by atoms with E-state index in [1.165, 1.54) is 0 Å². The van der Waals surface area contributed by atoms with Gasteiger partial charge in [0.2, 0.25) is 10.0 Å². The maximum absolute atomic E-state index is 12.7. The number of benzene rings is 3. The molecule has 0 aliphatic carbocycles. The smallest absolute Gasteiger partial charge is 0.240 e. The van der Waals surface area contributed by atoms with Crippen LogP contribution < -0.4 is 9.46 Å². The van der Waals surface area contributed by atoms with Gasteiger partial charge in [-0.15, -0.1) is 0 Å². The number of fused-ring (bicyclic) bond motifs is 1. The van der Waals surface area contributed by atoms with Gasteiger partial charge >= 0.3 is 0 Å². The molecule has 0 saturated heterocycles. The highest BCUT2D eigenvalue weighted by atomic mass is 32.2. The van der Waals surface area contributed by atoms with E-state index in [9.17, 15) is 8.42 Å². The fourth-order valence-electron chi connectivity index (χ4n) is 3.14. The quantitative estimate of drug-likeness (QED) is 0.678. The second-order valence-corrected chi connectivity index (χ2v) is 8.34. The molecule has 3 aromatic carbocycles. The number of ether oxygens (including phenoxy) is 1. The monoisotopic (exact) mass is 384 g/mol. The van der Waals surface area contributed by atoms with Crippen molar-refractivity contribution in [2.45, 2.75) is 10.9 Å². The second-order valence-electron chi connectivity index (χ2n) is 6.58. The summed E-state index contributed by atoms with van der Waals surface area (Å²) in [7, 11) is 1.85. The molecule has 142 valence electrons. The van der Waals surface area contributed by atoms with Crippen LogP contribution in [0.25, 0.3) is 10.8 Å². The molecule has 1 unspecified atom stereocenters. The molecule has 1 atom stereocenters. The molecule has 6 heteroatoms. The number of nitrogens with one attached hydrogen (secondary N) is 1. The summed E-state index contributed by atoms with van der Waals surface area (Å²) in [4.78, 5) is 2.25. The van der Waals surface area contributed by atoms with E-state index >= 15 is 0 Å². The topological polar surface area (TPSA) is 58.6 Å². The Morgan fingerprint density at radius 2 is 1.63 bits per heavy atom. The normalized spacial score (nSPS) is 13.0. The van der Waals surface area contributed by atoms with Crippen molar-refractivity contribution in [3.8, 4) is 5.75 Å². The Labute approximate surface area is 160 Å². The van der Waals surface area contributed by atoms with Crippen molar-refractivity contribution in [2.75, 3.05) is 27.7 Å². The van der Waals surface area contributed by atoms with Gasteiger partial charge in [-0.25, -0.2) is 13.1 Å². The molecule has 0 saturated carbocycles. The molecule has 1 N–H and O–H groups in total. The Morgan fingerprint density at radius 1 is 0.963 bits per heavy atom. The lowest BCUT2D eigenvalue weighted by atomic mass is 9.98. The lowest BCUT2D eigenvalue weighted by molar-refractivity contribution is 0.301. The predicted molar refractivity (Wildman–Crippen MR) is 109 cm³/mol. The highest BCUT2D eigenvalue weighted by Crippen LogP contribution is 2.27. The molecule has 27 heavy (non-hydrogen) atoms. The van der Waals surface area contributed by atoms with E-state index in [2.05, 4.69) is 29.0 Å². The lowest BCUT2D eigenvalue weighted by Gasteiger charge is -2.26. The third kappa shape index (κ3) is 4.30. The maximum atomic E-state index is 12.7. The summed E-state index contributed by atoms with van der Waals surface area (Å²) in [6, 6.07) is 20.5. The zero-order valence-electron chi connectivity index (χ0n) is 15.7. The zero-order valence-corrected chi connectivity index (χ0v) is 16.5. The number of sulfonamides is 1. The van der Waals surface area contributed by atoms with Gasteiger partial charge in [0.15, 0.2) is 0 Å². The number of hydrogen-bond donors (Lipinski definition) is 1. The predicted octanol–water partition coefficient (Wildman–Crippen LogP) is 3.43. The number of nitrogens with zero attached hydrogens (tertiary/aromatic N) is 1. The summed E-state index contributed by atoms with van der Waals surface area (Å²) in [5.41, 5.74) is 1.09. The van der Waals surface area contributed by atoms with E-state index in [0.29, 0.717) is 5.75 Å². The minimum absolute atomic E-state index is 0.0934. The fraction of sp³-hybridized carbons (Fsp3) is 0.238. The van der Waals surface area contributed by atoms with Crippen LogP contribution in [-0.2, 0) is 10.0 Å². The molecule has 3 rings (SSSR count). The Bertz CT molecular complexity index is 1010. The lowest BCUT2D eigenvalue weighted by Crippen LogP contribution is -2.34. The van der Waals surface area contributed by atoms with Crippen LogP contribution in [0.3, 0.4) is 0 Å². The molecule has 0 aliphatic heterocycles. The van der Waals surface area contributed by atoms with Crippen molar-refractivity contribution in [3.63, 3.8) is 0 Å². The molecule has 0 spiro atoms. The highest BCUT2D eigenvalue weighted by Gasteiger charge is 2.21. The van der Waals surface area contributed by atoms with Gasteiger partial charge < -0.3 is 9.64 Å². The van der Waals surface area contributed by atoms with Crippen LogP contribution in [0.15, 0.2) is 71.6 Å². The molecule has 0 radical (unpaired) electrons. The molecule has 0 heterocycles. The third-order valence-electron chi connectivity index (χ3n) is 4.64. The molecule has 0 fully saturated rings. The molecule has 0 aliphatic rings. The largest absolute Gasteiger partial charge is 0.497 e. The first-order valence-electron chi connectivity index (χ1n) is 8.70. The standard InChI is InChI=1S/C21H24N2O3S/c1-23(2)21(20-10-6-8-16-7-4-5-9-19(16)20)15-22-27(24,25)18-13-11-17(26-3)12-14-18/h4-14,21-22H,15H2,1-3H3. The number of hydrogen-bond acceptors (Lipinski definition) is 4. The van der Waals surface area contributed by atoms with Gasteiger partial charge in [0.1, 0.15) is 5.75 Å². The Hall–Kier alpha value is -2.41. The van der Waals surface area contributed by atoms with Crippen molar-refractivity contribution in [3.05, 3.63) is 72.3 Å². The van der Waals surface area contributed by atoms with Gasteiger partial charge in [-0.05, 0) is 54.7 Å². The van der Waals surface area contributed by atoms with Crippen molar-refractivity contribution < 1.29 is 13.2 Å². The van der Waals surface area contributed by atoms with Gasteiger partial charge in [-0.2, -0.15) is 0 Å². The fourth-order valence-corrected chi connectivity index (χ4v) is 4.18. The van der Waals surface area contributed by atoms with Crippen molar-refractivity contribution in [1.82, 2.24) is 9.62 Å². The summed E-state index contributed by atoms with van der Waals surface area (Å²) in [5.74, 6) is 0.621. The molecule has 0 aromatic heterocycles. The average molecular weight is 385 g/mol. The summed E-state index contributed by atoms with van der Waals surface area (Å²) in [5, 5.41) is 2.27. The third-order valence-corrected chi connectivity index (χ3v) is 6.08. The van der Waals surface area contributed by atoms with E-state index in [0.717, 1.165) is 16.3 Å². The van der Waals surface area contributed by atoms with Crippen LogP contribution in [0.5, 0.6) is 5.75 Å². The summed E-state index contributed by atoms with van der Waals surface area (Å²) < 4.78 is 33.2. The van der Waals surface area contributed by atoms with E-state index in [1.807, 2.05) is 37.2 Å². The van der Waals surface area contributed by atoms with Crippen LogP contribution in [0.2, 0.25) is 0 Å². The molecule has 0 bridgehead atoms. The van der Waals surface area contributed by atoms with Gasteiger partial charge in [0, 0.05) is 12.6 Å². The molecule has 3 aromatic rings. The van der Waals surface area contributed by atoms with Crippen LogP contribution in [-0.4, -0.2) is 41.1 Å². The van der Waals surface area contributed by atoms with Crippen molar-refractivity contribution in [2.24, 2.45) is 0 Å².